The average molecular weight is 341 g/mol. The van der Waals surface area contributed by atoms with Crippen molar-refractivity contribution in [3.8, 4) is 5.88 Å². The molecule has 0 saturated carbocycles. The van der Waals surface area contributed by atoms with Gasteiger partial charge in [0, 0.05) is 37.6 Å². The molecule has 4 rings (SSSR count). The number of piperidine rings is 1. The van der Waals surface area contributed by atoms with E-state index in [1.165, 1.54) is 5.56 Å². The zero-order valence-electron chi connectivity index (χ0n) is 14.4. The van der Waals surface area contributed by atoms with E-state index in [9.17, 15) is 0 Å². The van der Waals surface area contributed by atoms with Gasteiger partial charge in [0.25, 0.3) is 0 Å². The van der Waals surface area contributed by atoms with Gasteiger partial charge in [0.1, 0.15) is 5.60 Å². The van der Waals surface area contributed by atoms with E-state index in [2.05, 4.69) is 25.9 Å². The maximum Gasteiger partial charge on any atom is 0.220 e. The third-order valence-corrected chi connectivity index (χ3v) is 5.17. The lowest BCUT2D eigenvalue weighted by Gasteiger charge is -2.44. The second-order valence-corrected chi connectivity index (χ2v) is 6.64. The number of rotatable bonds is 3. The first-order valence-electron chi connectivity index (χ1n) is 8.66. The van der Waals surface area contributed by atoms with E-state index in [4.69, 9.17) is 15.2 Å². The Hall–Kier alpha value is -2.25. The highest BCUT2D eigenvalue weighted by molar-refractivity contribution is 5.32. The maximum absolute atomic E-state index is 6.22. The molecule has 0 unspecified atom stereocenters. The van der Waals surface area contributed by atoms with E-state index in [1.807, 2.05) is 12.3 Å². The Balaban J connectivity index is 1.50. The monoisotopic (exact) mass is 341 g/mol. The number of ether oxygens (including phenoxy) is 2. The minimum absolute atomic E-state index is 0.319. The van der Waals surface area contributed by atoms with Gasteiger partial charge in [-0.25, -0.2) is 15.0 Å². The Bertz CT molecular complexity index is 759. The summed E-state index contributed by atoms with van der Waals surface area (Å²) in [6.45, 7) is 3.41. The summed E-state index contributed by atoms with van der Waals surface area (Å²) in [5, 5.41) is 0. The van der Waals surface area contributed by atoms with Gasteiger partial charge in [0.2, 0.25) is 11.8 Å². The van der Waals surface area contributed by atoms with E-state index in [0.29, 0.717) is 11.8 Å². The van der Waals surface area contributed by atoms with Crippen LogP contribution in [0.4, 0.5) is 5.95 Å². The molecule has 132 valence electrons. The average Bonchev–Trinajstić information content (AvgIpc) is 2.65. The van der Waals surface area contributed by atoms with E-state index < -0.39 is 0 Å². The summed E-state index contributed by atoms with van der Waals surface area (Å²) in [6, 6.07) is 4.01. The van der Waals surface area contributed by atoms with Crippen LogP contribution in [-0.4, -0.2) is 46.7 Å². The highest BCUT2D eigenvalue weighted by Gasteiger charge is 2.42. The fourth-order valence-corrected chi connectivity index (χ4v) is 3.85. The van der Waals surface area contributed by atoms with Gasteiger partial charge in [0.05, 0.1) is 19.4 Å². The summed E-state index contributed by atoms with van der Waals surface area (Å²) in [4.78, 5) is 15.4. The first-order chi connectivity index (χ1) is 12.2. The molecule has 2 aliphatic rings. The van der Waals surface area contributed by atoms with Gasteiger partial charge in [-0.1, -0.05) is 6.07 Å². The van der Waals surface area contributed by atoms with Crippen LogP contribution in [0.1, 0.15) is 29.7 Å². The summed E-state index contributed by atoms with van der Waals surface area (Å²) in [6.07, 6.45) is 6.27. The van der Waals surface area contributed by atoms with E-state index in [-0.39, 0.29) is 5.60 Å². The molecule has 0 bridgehead atoms. The van der Waals surface area contributed by atoms with Crippen molar-refractivity contribution >= 4 is 5.95 Å². The van der Waals surface area contributed by atoms with Gasteiger partial charge >= 0.3 is 0 Å². The smallest absolute Gasteiger partial charge is 0.220 e. The summed E-state index contributed by atoms with van der Waals surface area (Å²) in [5.74, 6) is 1.02. The number of nitrogens with zero attached hydrogens (tertiary/aromatic N) is 4. The molecule has 0 radical (unpaired) electrons. The zero-order valence-corrected chi connectivity index (χ0v) is 14.4. The number of methoxy groups -OCH3 is 1. The second kappa shape index (κ2) is 6.57. The number of pyridine rings is 1. The number of hydrogen-bond donors (Lipinski definition) is 1. The molecule has 7 nitrogen and oxygen atoms in total. The van der Waals surface area contributed by atoms with Crippen molar-refractivity contribution in [2.45, 2.75) is 31.4 Å². The molecule has 0 amide bonds. The van der Waals surface area contributed by atoms with Crippen LogP contribution in [0.25, 0.3) is 0 Å². The molecule has 4 heterocycles. The van der Waals surface area contributed by atoms with Gasteiger partial charge in [0.15, 0.2) is 0 Å². The minimum Gasteiger partial charge on any atom is -0.481 e. The summed E-state index contributed by atoms with van der Waals surface area (Å²) in [5.41, 5.74) is 8.77. The van der Waals surface area contributed by atoms with Crippen molar-refractivity contribution in [3.63, 3.8) is 0 Å². The Kier molecular flexibility index (Phi) is 4.27. The quantitative estimate of drug-likeness (QED) is 0.906. The molecular formula is C18H23N5O2. The highest BCUT2D eigenvalue weighted by Crippen LogP contribution is 2.40. The van der Waals surface area contributed by atoms with Crippen molar-refractivity contribution in [2.75, 3.05) is 32.5 Å². The SMILES string of the molecule is COc1ncccc1CN1CCC2(CC1)OCCc1cnc(N)nc12. The van der Waals surface area contributed by atoms with Gasteiger partial charge in [-0.15, -0.1) is 0 Å². The normalized spacial score (nSPS) is 19.6. The number of aromatic nitrogens is 3. The van der Waals surface area contributed by atoms with Gasteiger partial charge in [-0.05, 0) is 30.9 Å². The van der Waals surface area contributed by atoms with E-state index in [0.717, 1.165) is 56.8 Å². The first kappa shape index (κ1) is 16.2. The number of hydrogen-bond acceptors (Lipinski definition) is 7. The first-order valence-corrected chi connectivity index (χ1v) is 8.66. The van der Waals surface area contributed by atoms with E-state index >= 15 is 0 Å². The topological polar surface area (TPSA) is 86.4 Å². The van der Waals surface area contributed by atoms with Crippen LogP contribution >= 0.6 is 0 Å². The number of nitrogens with two attached hydrogens (primary N) is 1. The van der Waals surface area contributed by atoms with Crippen molar-refractivity contribution in [1.29, 1.82) is 0 Å². The van der Waals surface area contributed by atoms with Gasteiger partial charge in [-0.3, -0.25) is 4.90 Å². The van der Waals surface area contributed by atoms with Gasteiger partial charge in [-0.2, -0.15) is 0 Å². The fraction of sp³-hybridized carbons (Fsp3) is 0.500. The van der Waals surface area contributed by atoms with Crippen LogP contribution in [0.3, 0.4) is 0 Å². The lowest BCUT2D eigenvalue weighted by Crippen LogP contribution is -2.47. The van der Waals surface area contributed by atoms with Crippen LogP contribution in [0.5, 0.6) is 5.88 Å². The van der Waals surface area contributed by atoms with Crippen molar-refractivity contribution in [1.82, 2.24) is 19.9 Å². The van der Waals surface area contributed by atoms with Crippen LogP contribution in [-0.2, 0) is 23.3 Å². The molecule has 25 heavy (non-hydrogen) atoms. The molecule has 2 aromatic heterocycles. The van der Waals surface area contributed by atoms with Crippen molar-refractivity contribution < 1.29 is 9.47 Å². The largest absolute Gasteiger partial charge is 0.481 e. The molecular weight excluding hydrogens is 318 g/mol. The summed E-state index contributed by atoms with van der Waals surface area (Å²) < 4.78 is 11.6. The summed E-state index contributed by atoms with van der Waals surface area (Å²) >= 11 is 0. The van der Waals surface area contributed by atoms with Gasteiger partial charge < -0.3 is 15.2 Å². The van der Waals surface area contributed by atoms with Crippen molar-refractivity contribution in [2.24, 2.45) is 0 Å². The molecule has 7 heteroatoms. The van der Waals surface area contributed by atoms with Crippen LogP contribution in [0, 0.1) is 0 Å². The summed E-state index contributed by atoms with van der Waals surface area (Å²) in [7, 11) is 1.66. The highest BCUT2D eigenvalue weighted by atomic mass is 16.5. The number of anilines is 1. The zero-order chi connectivity index (χ0) is 17.3. The molecule has 0 aliphatic carbocycles. The number of fused-ring (bicyclic) bond motifs is 2. The standard InChI is InChI=1S/C18H23N5O2/c1-24-16-14(3-2-7-20-16)12-23-8-5-18(6-9-23)15-13(4-10-25-18)11-21-17(19)22-15/h2-3,7,11H,4-6,8-10,12H2,1H3,(H2,19,21,22). The lowest BCUT2D eigenvalue weighted by atomic mass is 9.83. The number of nitrogen functional groups attached to an aromatic ring is 1. The Morgan fingerprint density at radius 1 is 1.32 bits per heavy atom. The number of likely N-dealkylation sites (tertiary alicyclic amines) is 1. The van der Waals surface area contributed by atoms with Crippen LogP contribution in [0.15, 0.2) is 24.5 Å². The molecule has 2 aromatic rings. The molecule has 1 fully saturated rings. The third kappa shape index (κ3) is 3.05. The minimum atomic E-state index is -0.319. The fourth-order valence-electron chi connectivity index (χ4n) is 3.85. The maximum atomic E-state index is 6.22. The predicted octanol–water partition coefficient (Wildman–Crippen LogP) is 1.53. The van der Waals surface area contributed by atoms with Crippen LogP contribution in [0.2, 0.25) is 0 Å². The molecule has 0 atom stereocenters. The molecule has 1 spiro atoms. The molecule has 0 aromatic carbocycles. The Morgan fingerprint density at radius 2 is 2.16 bits per heavy atom. The van der Waals surface area contributed by atoms with Crippen molar-refractivity contribution in [3.05, 3.63) is 41.3 Å². The van der Waals surface area contributed by atoms with Crippen LogP contribution < -0.4 is 10.5 Å². The Labute approximate surface area is 147 Å². The van der Waals surface area contributed by atoms with E-state index in [1.54, 1.807) is 13.3 Å². The molecule has 2 aliphatic heterocycles. The predicted molar refractivity (Wildman–Crippen MR) is 93.1 cm³/mol. The third-order valence-electron chi connectivity index (χ3n) is 5.17. The molecule has 1 saturated heterocycles. The lowest BCUT2D eigenvalue weighted by molar-refractivity contribution is -0.102. The second-order valence-electron chi connectivity index (χ2n) is 6.64. The molecule has 2 N–H and O–H groups in total. The Morgan fingerprint density at radius 3 is 2.96 bits per heavy atom.